The zero-order chi connectivity index (χ0) is 29.6. The standard InChI is InChI=1S/C35H59N3O3/c1-22(2)23(3)8-9-24(4)29-10-11-30-28-18-32(37-17-14-26-20-36-21-38-26)35(40)19-27(41-25(5)39)12-16-34(35,7)31(28)13-15-33(29,30)6/h20-24,27-32,37,40H,8-19H2,1-7H3,(H,36,38)/t23-,24-,27+,28+,29-,30+,31+,32-,33-,34-,35+/m1/s1. The summed E-state index contributed by atoms with van der Waals surface area (Å²) in [6.45, 7) is 17.0. The van der Waals surface area contributed by atoms with Gasteiger partial charge in [0.2, 0.25) is 0 Å². The number of rotatable bonds is 10. The van der Waals surface area contributed by atoms with Crippen molar-refractivity contribution >= 4 is 5.97 Å². The van der Waals surface area contributed by atoms with Crippen LogP contribution in [0, 0.1) is 52.3 Å². The summed E-state index contributed by atoms with van der Waals surface area (Å²) in [5.41, 5.74) is 0.396. The summed E-state index contributed by atoms with van der Waals surface area (Å²) in [4.78, 5) is 19.4. The zero-order valence-electron chi connectivity index (χ0n) is 27.0. The molecule has 0 unspecified atom stereocenters. The minimum absolute atomic E-state index is 0.00300. The molecule has 0 aromatic carbocycles. The van der Waals surface area contributed by atoms with Crippen molar-refractivity contribution in [3.63, 3.8) is 0 Å². The molecular formula is C35H59N3O3. The molecule has 4 aliphatic rings. The lowest BCUT2D eigenvalue weighted by molar-refractivity contribution is -0.237. The van der Waals surface area contributed by atoms with Gasteiger partial charge in [0.05, 0.1) is 17.6 Å². The number of aromatic nitrogens is 2. The fourth-order valence-corrected chi connectivity index (χ4v) is 10.7. The van der Waals surface area contributed by atoms with Crippen molar-refractivity contribution in [3.8, 4) is 0 Å². The molecule has 6 heteroatoms. The highest BCUT2D eigenvalue weighted by Crippen LogP contribution is 2.69. The minimum atomic E-state index is -0.885. The average molecular weight is 570 g/mol. The highest BCUT2D eigenvalue weighted by atomic mass is 16.5. The van der Waals surface area contributed by atoms with Gasteiger partial charge in [-0.25, -0.2) is 4.98 Å². The van der Waals surface area contributed by atoms with Gasteiger partial charge >= 0.3 is 5.97 Å². The van der Waals surface area contributed by atoms with Crippen molar-refractivity contribution in [1.82, 2.24) is 15.3 Å². The number of aliphatic hydroxyl groups is 1. The van der Waals surface area contributed by atoms with Crippen molar-refractivity contribution in [1.29, 1.82) is 0 Å². The SMILES string of the molecule is CC(=O)O[C@H]1CC[C@]2(C)[C@H]3CC[C@]4(C)[C@@H]([C@H](C)CC[C@@H](C)C(C)C)CC[C@H]4[C@@H]3C[C@@H](NCCc3c[nH]cn3)[C@@]2(O)C1. The van der Waals surface area contributed by atoms with Gasteiger partial charge in [0.1, 0.15) is 6.10 Å². The topological polar surface area (TPSA) is 87.2 Å². The Kier molecular flexibility index (Phi) is 9.04. The van der Waals surface area contributed by atoms with Gasteiger partial charge in [-0.1, -0.05) is 54.4 Å². The molecule has 4 aliphatic carbocycles. The van der Waals surface area contributed by atoms with E-state index < -0.39 is 5.60 Å². The number of esters is 1. The monoisotopic (exact) mass is 569 g/mol. The maximum Gasteiger partial charge on any atom is 0.302 e. The van der Waals surface area contributed by atoms with E-state index in [0.29, 0.717) is 23.7 Å². The summed E-state index contributed by atoms with van der Waals surface area (Å²) in [5.74, 6) is 4.82. The molecule has 11 atom stereocenters. The number of fused-ring (bicyclic) bond motifs is 5. The van der Waals surface area contributed by atoms with Gasteiger partial charge < -0.3 is 20.1 Å². The van der Waals surface area contributed by atoms with E-state index in [1.165, 1.54) is 45.4 Å². The van der Waals surface area contributed by atoms with Crippen molar-refractivity contribution in [3.05, 3.63) is 18.2 Å². The van der Waals surface area contributed by atoms with Gasteiger partial charge in [-0.2, -0.15) is 0 Å². The number of hydrogen-bond donors (Lipinski definition) is 3. The van der Waals surface area contributed by atoms with E-state index in [-0.39, 0.29) is 23.5 Å². The molecule has 3 N–H and O–H groups in total. The van der Waals surface area contributed by atoms with Crippen LogP contribution in [0.4, 0.5) is 0 Å². The Bertz CT molecular complexity index is 1030. The average Bonchev–Trinajstić information content (AvgIpc) is 3.55. The fourth-order valence-electron chi connectivity index (χ4n) is 10.7. The van der Waals surface area contributed by atoms with E-state index in [9.17, 15) is 9.90 Å². The number of nitrogens with zero attached hydrogens (tertiary/aromatic N) is 1. The van der Waals surface area contributed by atoms with Crippen molar-refractivity contribution in [2.75, 3.05) is 6.54 Å². The molecule has 6 nitrogen and oxygen atoms in total. The van der Waals surface area contributed by atoms with Crippen LogP contribution >= 0.6 is 0 Å². The number of ether oxygens (including phenoxy) is 1. The van der Waals surface area contributed by atoms with Crippen LogP contribution in [0.5, 0.6) is 0 Å². The van der Waals surface area contributed by atoms with Crippen molar-refractivity contribution < 1.29 is 14.6 Å². The Balaban J connectivity index is 1.37. The predicted octanol–water partition coefficient (Wildman–Crippen LogP) is 6.93. The highest BCUT2D eigenvalue weighted by molar-refractivity contribution is 5.66. The third-order valence-corrected chi connectivity index (χ3v) is 13.5. The molecular weight excluding hydrogens is 510 g/mol. The maximum absolute atomic E-state index is 12.7. The number of carbonyl (C=O) groups is 1. The largest absolute Gasteiger partial charge is 0.462 e. The number of carbonyl (C=O) groups excluding carboxylic acids is 1. The van der Waals surface area contributed by atoms with Crippen LogP contribution in [-0.4, -0.2) is 45.3 Å². The quantitative estimate of drug-likeness (QED) is 0.266. The Labute approximate surface area is 249 Å². The summed E-state index contributed by atoms with van der Waals surface area (Å²) in [7, 11) is 0. The minimum Gasteiger partial charge on any atom is -0.462 e. The Hall–Kier alpha value is -1.40. The first-order chi connectivity index (χ1) is 19.4. The number of imidazole rings is 1. The molecule has 4 saturated carbocycles. The number of nitrogens with one attached hydrogen (secondary N) is 2. The van der Waals surface area contributed by atoms with Crippen molar-refractivity contribution in [2.24, 2.45) is 52.3 Å². The fraction of sp³-hybridized carbons (Fsp3) is 0.886. The third-order valence-electron chi connectivity index (χ3n) is 13.5. The first-order valence-electron chi connectivity index (χ1n) is 17.0. The van der Waals surface area contributed by atoms with Crippen LogP contribution < -0.4 is 5.32 Å². The number of H-pyrrole nitrogens is 1. The second-order valence-electron chi connectivity index (χ2n) is 15.8. The molecule has 1 aromatic rings. The lowest BCUT2D eigenvalue weighted by Gasteiger charge is -2.66. The molecule has 0 bridgehead atoms. The lowest BCUT2D eigenvalue weighted by atomic mass is 9.42. The highest BCUT2D eigenvalue weighted by Gasteiger charge is 2.67. The van der Waals surface area contributed by atoms with E-state index in [2.05, 4.69) is 56.8 Å². The molecule has 0 aliphatic heterocycles. The lowest BCUT2D eigenvalue weighted by Crippen LogP contribution is -2.71. The molecule has 41 heavy (non-hydrogen) atoms. The first kappa shape index (κ1) is 31.0. The van der Waals surface area contributed by atoms with E-state index in [0.717, 1.165) is 67.5 Å². The van der Waals surface area contributed by atoms with Crippen LogP contribution in [0.15, 0.2) is 12.5 Å². The summed E-state index contributed by atoms with van der Waals surface area (Å²) in [6.07, 6.45) is 15.6. The Morgan fingerprint density at radius 3 is 2.59 bits per heavy atom. The molecule has 0 amide bonds. The van der Waals surface area contributed by atoms with E-state index in [1.54, 1.807) is 6.33 Å². The number of hydrogen-bond acceptors (Lipinski definition) is 5. The predicted molar refractivity (Wildman–Crippen MR) is 164 cm³/mol. The van der Waals surface area contributed by atoms with Gasteiger partial charge in [-0.05, 0) is 91.8 Å². The van der Waals surface area contributed by atoms with E-state index in [1.807, 2.05) is 6.20 Å². The molecule has 4 fully saturated rings. The van der Waals surface area contributed by atoms with Crippen LogP contribution in [0.2, 0.25) is 0 Å². The van der Waals surface area contributed by atoms with Crippen LogP contribution in [0.1, 0.15) is 118 Å². The second-order valence-corrected chi connectivity index (χ2v) is 15.8. The molecule has 1 heterocycles. The summed E-state index contributed by atoms with van der Waals surface area (Å²) >= 11 is 0. The summed E-state index contributed by atoms with van der Waals surface area (Å²) in [6, 6.07) is -0.00300. The Morgan fingerprint density at radius 2 is 1.90 bits per heavy atom. The smallest absolute Gasteiger partial charge is 0.302 e. The normalized spacial score (nSPS) is 41.8. The van der Waals surface area contributed by atoms with E-state index >= 15 is 0 Å². The van der Waals surface area contributed by atoms with Crippen LogP contribution in [0.25, 0.3) is 0 Å². The van der Waals surface area contributed by atoms with Gasteiger partial charge in [0.25, 0.3) is 0 Å². The number of aromatic amines is 1. The summed E-state index contributed by atoms with van der Waals surface area (Å²) < 4.78 is 5.74. The van der Waals surface area contributed by atoms with Crippen molar-refractivity contribution in [2.45, 2.75) is 137 Å². The summed E-state index contributed by atoms with van der Waals surface area (Å²) in [5, 5.41) is 16.6. The van der Waals surface area contributed by atoms with Gasteiger partial charge in [-0.15, -0.1) is 0 Å². The van der Waals surface area contributed by atoms with Gasteiger partial charge in [0, 0.05) is 44.0 Å². The first-order valence-corrected chi connectivity index (χ1v) is 17.0. The van der Waals surface area contributed by atoms with Gasteiger partial charge in [0.15, 0.2) is 0 Å². The van der Waals surface area contributed by atoms with Crippen LogP contribution in [0.3, 0.4) is 0 Å². The van der Waals surface area contributed by atoms with E-state index in [4.69, 9.17) is 4.74 Å². The zero-order valence-corrected chi connectivity index (χ0v) is 27.0. The molecule has 1 aromatic heterocycles. The maximum atomic E-state index is 12.7. The molecule has 0 saturated heterocycles. The second kappa shape index (κ2) is 11.9. The molecule has 0 radical (unpaired) electrons. The molecule has 232 valence electrons. The van der Waals surface area contributed by atoms with Crippen LogP contribution in [-0.2, 0) is 16.0 Å². The Morgan fingerprint density at radius 1 is 1.12 bits per heavy atom. The molecule has 0 spiro atoms. The van der Waals surface area contributed by atoms with Gasteiger partial charge in [-0.3, -0.25) is 4.79 Å². The molecule has 5 rings (SSSR count). The third kappa shape index (κ3) is 5.66.